The Balaban J connectivity index is 2.29. The van der Waals surface area contributed by atoms with Crippen molar-refractivity contribution in [3.8, 4) is 0 Å². The SMILES string of the molecule is Cc1nn(CC(CBr)c2ccccc2)c(C)c1[N+](=O)[O-]. The summed E-state index contributed by atoms with van der Waals surface area (Å²) >= 11 is 3.51. The van der Waals surface area contributed by atoms with Crippen molar-refractivity contribution < 1.29 is 4.92 Å². The van der Waals surface area contributed by atoms with Gasteiger partial charge in [0.05, 0.1) is 4.92 Å². The largest absolute Gasteiger partial charge is 0.312 e. The van der Waals surface area contributed by atoms with Crippen molar-refractivity contribution in [3.63, 3.8) is 0 Å². The molecule has 0 spiro atoms. The minimum Gasteiger partial charge on any atom is -0.262 e. The maximum absolute atomic E-state index is 11.0. The first-order valence-electron chi connectivity index (χ1n) is 6.34. The molecule has 0 aliphatic rings. The van der Waals surface area contributed by atoms with Crippen LogP contribution >= 0.6 is 15.9 Å². The van der Waals surface area contributed by atoms with Crippen LogP contribution < -0.4 is 0 Å². The molecule has 20 heavy (non-hydrogen) atoms. The zero-order chi connectivity index (χ0) is 14.7. The van der Waals surface area contributed by atoms with Crippen molar-refractivity contribution in [3.05, 3.63) is 57.4 Å². The monoisotopic (exact) mass is 337 g/mol. The Labute approximate surface area is 125 Å². The summed E-state index contributed by atoms with van der Waals surface area (Å²) in [6.07, 6.45) is 0. The lowest BCUT2D eigenvalue weighted by molar-refractivity contribution is -0.386. The number of hydrogen-bond acceptors (Lipinski definition) is 3. The van der Waals surface area contributed by atoms with Gasteiger partial charge in [-0.3, -0.25) is 14.8 Å². The van der Waals surface area contributed by atoms with Crippen LogP contribution in [0.15, 0.2) is 30.3 Å². The van der Waals surface area contributed by atoms with E-state index in [-0.39, 0.29) is 16.5 Å². The number of halogens is 1. The van der Waals surface area contributed by atoms with Gasteiger partial charge < -0.3 is 0 Å². The van der Waals surface area contributed by atoms with Gasteiger partial charge in [0, 0.05) is 17.8 Å². The maximum atomic E-state index is 11.0. The summed E-state index contributed by atoms with van der Waals surface area (Å²) in [5.41, 5.74) is 2.38. The molecule has 1 aromatic heterocycles. The van der Waals surface area contributed by atoms with Gasteiger partial charge in [-0.1, -0.05) is 46.3 Å². The molecule has 2 rings (SSSR count). The third kappa shape index (κ3) is 2.90. The average Bonchev–Trinajstić information content (AvgIpc) is 2.71. The molecule has 1 unspecified atom stereocenters. The van der Waals surface area contributed by atoms with Crippen LogP contribution in [0.25, 0.3) is 0 Å². The van der Waals surface area contributed by atoms with Crippen LogP contribution in [-0.4, -0.2) is 20.0 Å². The highest BCUT2D eigenvalue weighted by Gasteiger charge is 2.23. The number of nitro groups is 1. The summed E-state index contributed by atoms with van der Waals surface area (Å²) in [6, 6.07) is 10.1. The van der Waals surface area contributed by atoms with E-state index in [1.165, 1.54) is 5.56 Å². The Morgan fingerprint density at radius 2 is 2.00 bits per heavy atom. The minimum absolute atomic E-state index is 0.117. The van der Waals surface area contributed by atoms with E-state index in [9.17, 15) is 10.1 Å². The van der Waals surface area contributed by atoms with Crippen molar-refractivity contribution in [1.82, 2.24) is 9.78 Å². The number of nitrogens with zero attached hydrogens (tertiary/aromatic N) is 3. The fourth-order valence-corrected chi connectivity index (χ4v) is 2.89. The molecule has 2 aromatic rings. The minimum atomic E-state index is -0.361. The fraction of sp³-hybridized carbons (Fsp3) is 0.357. The molecule has 106 valence electrons. The molecule has 0 fully saturated rings. The van der Waals surface area contributed by atoms with E-state index in [1.807, 2.05) is 18.2 Å². The van der Waals surface area contributed by atoms with Crippen molar-refractivity contribution in [2.24, 2.45) is 0 Å². The maximum Gasteiger partial charge on any atom is 0.312 e. The third-order valence-electron chi connectivity index (χ3n) is 3.38. The van der Waals surface area contributed by atoms with Gasteiger partial charge in [0.25, 0.3) is 0 Å². The molecule has 1 atom stereocenters. The molecule has 0 amide bonds. The topological polar surface area (TPSA) is 61.0 Å². The Morgan fingerprint density at radius 1 is 1.35 bits per heavy atom. The van der Waals surface area contributed by atoms with E-state index in [4.69, 9.17) is 0 Å². The summed E-state index contributed by atoms with van der Waals surface area (Å²) in [4.78, 5) is 10.7. The van der Waals surface area contributed by atoms with E-state index >= 15 is 0 Å². The standard InChI is InChI=1S/C14H16BrN3O2/c1-10-14(18(19)20)11(2)17(16-10)9-13(8-15)12-6-4-3-5-7-12/h3-7,13H,8-9H2,1-2H3. The van der Waals surface area contributed by atoms with E-state index in [2.05, 4.69) is 33.2 Å². The Hall–Kier alpha value is -1.69. The van der Waals surface area contributed by atoms with Gasteiger partial charge >= 0.3 is 5.69 Å². The smallest absolute Gasteiger partial charge is 0.262 e. The zero-order valence-corrected chi connectivity index (χ0v) is 13.0. The number of aryl methyl sites for hydroxylation is 1. The number of aromatic nitrogens is 2. The molecule has 0 aliphatic carbocycles. The summed E-state index contributed by atoms with van der Waals surface area (Å²) in [6.45, 7) is 4.04. The lowest BCUT2D eigenvalue weighted by atomic mass is 10.0. The molecule has 0 bridgehead atoms. The molecule has 0 radical (unpaired) electrons. The van der Waals surface area contributed by atoms with Crippen LogP contribution in [0.2, 0.25) is 0 Å². The second kappa shape index (κ2) is 6.17. The van der Waals surface area contributed by atoms with Gasteiger partial charge in [0.1, 0.15) is 11.4 Å². The van der Waals surface area contributed by atoms with Crippen molar-refractivity contribution >= 4 is 21.6 Å². The molecule has 5 nitrogen and oxygen atoms in total. The first kappa shape index (κ1) is 14.7. The second-order valence-electron chi connectivity index (χ2n) is 4.72. The molecule has 6 heteroatoms. The highest BCUT2D eigenvalue weighted by molar-refractivity contribution is 9.09. The average molecular weight is 338 g/mol. The first-order chi connectivity index (χ1) is 9.54. The summed E-state index contributed by atoms with van der Waals surface area (Å²) < 4.78 is 1.73. The third-order valence-corrected chi connectivity index (χ3v) is 4.16. The Bertz CT molecular complexity index is 610. The zero-order valence-electron chi connectivity index (χ0n) is 11.4. The molecule has 0 saturated heterocycles. The molecular weight excluding hydrogens is 322 g/mol. The Kier molecular flexibility index (Phi) is 4.54. The van der Waals surface area contributed by atoms with E-state index in [0.717, 1.165) is 5.33 Å². The van der Waals surface area contributed by atoms with Gasteiger partial charge in [-0.25, -0.2) is 0 Å². The molecule has 0 N–H and O–H groups in total. The van der Waals surface area contributed by atoms with E-state index in [1.54, 1.807) is 18.5 Å². The lowest BCUT2D eigenvalue weighted by Gasteiger charge is -2.15. The molecular formula is C14H16BrN3O2. The van der Waals surface area contributed by atoms with Crippen molar-refractivity contribution in [1.29, 1.82) is 0 Å². The molecule has 1 heterocycles. The van der Waals surface area contributed by atoms with Gasteiger partial charge in [-0.05, 0) is 19.4 Å². The molecule has 1 aromatic carbocycles. The van der Waals surface area contributed by atoms with Crippen LogP contribution in [0.4, 0.5) is 5.69 Å². The summed E-state index contributed by atoms with van der Waals surface area (Å²) in [5, 5.41) is 16.1. The quantitative estimate of drug-likeness (QED) is 0.476. The predicted octanol–water partition coefficient (Wildman–Crippen LogP) is 3.59. The Morgan fingerprint density at radius 3 is 2.50 bits per heavy atom. The second-order valence-corrected chi connectivity index (χ2v) is 5.37. The lowest BCUT2D eigenvalue weighted by Crippen LogP contribution is -2.13. The fourth-order valence-electron chi connectivity index (χ4n) is 2.31. The summed E-state index contributed by atoms with van der Waals surface area (Å²) in [5.74, 6) is 0.230. The van der Waals surface area contributed by atoms with Crippen molar-refractivity contribution in [2.75, 3.05) is 5.33 Å². The highest BCUT2D eigenvalue weighted by atomic mass is 79.9. The van der Waals surface area contributed by atoms with Gasteiger partial charge in [-0.15, -0.1) is 0 Å². The number of benzene rings is 1. The van der Waals surface area contributed by atoms with E-state index < -0.39 is 0 Å². The number of alkyl halides is 1. The van der Waals surface area contributed by atoms with Gasteiger partial charge in [0.15, 0.2) is 0 Å². The van der Waals surface area contributed by atoms with Crippen LogP contribution in [0, 0.1) is 24.0 Å². The van der Waals surface area contributed by atoms with Crippen molar-refractivity contribution in [2.45, 2.75) is 26.3 Å². The van der Waals surface area contributed by atoms with Crippen LogP contribution in [0.3, 0.4) is 0 Å². The number of rotatable bonds is 5. The predicted molar refractivity (Wildman–Crippen MR) is 81.3 cm³/mol. The van der Waals surface area contributed by atoms with Crippen LogP contribution in [0.1, 0.15) is 22.9 Å². The van der Waals surface area contributed by atoms with Crippen LogP contribution in [0.5, 0.6) is 0 Å². The molecule has 0 saturated carbocycles. The van der Waals surface area contributed by atoms with Gasteiger partial charge in [0.2, 0.25) is 0 Å². The highest BCUT2D eigenvalue weighted by Crippen LogP contribution is 2.26. The normalized spacial score (nSPS) is 12.3. The van der Waals surface area contributed by atoms with Gasteiger partial charge in [-0.2, -0.15) is 5.10 Å². The number of hydrogen-bond donors (Lipinski definition) is 0. The summed E-state index contributed by atoms with van der Waals surface area (Å²) in [7, 11) is 0. The first-order valence-corrected chi connectivity index (χ1v) is 7.46. The molecule has 0 aliphatic heterocycles. The van der Waals surface area contributed by atoms with E-state index in [0.29, 0.717) is 17.9 Å². The van der Waals surface area contributed by atoms with Crippen LogP contribution in [-0.2, 0) is 6.54 Å².